The van der Waals surface area contributed by atoms with E-state index in [1.807, 2.05) is 67.5 Å². The van der Waals surface area contributed by atoms with Gasteiger partial charge in [0.15, 0.2) is 5.82 Å². The van der Waals surface area contributed by atoms with Crippen molar-refractivity contribution in [3.05, 3.63) is 99.8 Å². The summed E-state index contributed by atoms with van der Waals surface area (Å²) in [5.41, 5.74) is 4.06. The Balaban J connectivity index is 0.937. The summed E-state index contributed by atoms with van der Waals surface area (Å²) < 4.78 is 1.38. The Morgan fingerprint density at radius 2 is 1.52 bits per heavy atom. The van der Waals surface area contributed by atoms with Crippen LogP contribution in [0.2, 0.25) is 0 Å². The van der Waals surface area contributed by atoms with Crippen LogP contribution in [0.5, 0.6) is 0 Å². The lowest BCUT2D eigenvalue weighted by Gasteiger charge is -2.47. The Kier molecular flexibility index (Phi) is 9.89. The first-order valence-corrected chi connectivity index (χ1v) is 18.5. The van der Waals surface area contributed by atoms with Gasteiger partial charge in [-0.3, -0.25) is 24.5 Å². The highest BCUT2D eigenvalue weighted by Gasteiger charge is 2.39. The number of nitrogens with zero attached hydrogens (tertiary/aromatic N) is 5. The standard InChI is InChI=1S/C41H49N7O4/c1-27(42-37-33-7-5-6-8-34(33)40(52)46(4)44-37)36(45(2)3)29-9-11-30(12-10-29)39(51)48-25-21-41(22-26-48)19-23-47(24-20-41)31-15-13-28(14-16-31)32-17-18-35(49)43-38(32)50/h5-16,27,32,36H,17-26H2,1-4H3,(H,42,44)(H,43,49,50)/t27-,32?,36+/m0/s1. The van der Waals surface area contributed by atoms with Crippen LogP contribution in [-0.2, 0) is 16.6 Å². The fraction of sp³-hybridized carbons (Fsp3) is 0.439. The van der Waals surface area contributed by atoms with Gasteiger partial charge in [0.1, 0.15) is 0 Å². The van der Waals surface area contributed by atoms with Gasteiger partial charge in [0.05, 0.1) is 17.3 Å². The van der Waals surface area contributed by atoms with E-state index in [4.69, 9.17) is 0 Å². The molecule has 52 heavy (non-hydrogen) atoms. The monoisotopic (exact) mass is 703 g/mol. The predicted octanol–water partition coefficient (Wildman–Crippen LogP) is 5.08. The van der Waals surface area contributed by atoms with E-state index >= 15 is 0 Å². The minimum absolute atomic E-state index is 0.00839. The van der Waals surface area contributed by atoms with Crippen molar-refractivity contribution in [2.24, 2.45) is 12.5 Å². The number of likely N-dealkylation sites (N-methyl/N-ethyl adjacent to an activating group) is 1. The quantitative estimate of drug-likeness (QED) is 0.244. The second kappa shape index (κ2) is 14.5. The number of hydrogen-bond acceptors (Lipinski definition) is 8. The molecule has 3 aromatic carbocycles. The number of hydrogen-bond donors (Lipinski definition) is 2. The summed E-state index contributed by atoms with van der Waals surface area (Å²) in [5, 5.41) is 12.0. The molecule has 0 bridgehead atoms. The highest BCUT2D eigenvalue weighted by atomic mass is 16.2. The molecule has 3 aliphatic heterocycles. The molecule has 3 saturated heterocycles. The van der Waals surface area contributed by atoms with E-state index in [9.17, 15) is 19.2 Å². The molecule has 3 atom stereocenters. The molecule has 3 fully saturated rings. The van der Waals surface area contributed by atoms with Crippen LogP contribution in [0.4, 0.5) is 11.5 Å². The molecule has 0 radical (unpaired) electrons. The number of rotatable bonds is 8. The summed E-state index contributed by atoms with van der Waals surface area (Å²) in [6.45, 7) is 5.59. The zero-order chi connectivity index (χ0) is 36.6. The Morgan fingerprint density at radius 1 is 0.885 bits per heavy atom. The molecule has 0 saturated carbocycles. The lowest BCUT2D eigenvalue weighted by atomic mass is 9.71. The van der Waals surface area contributed by atoms with Crippen LogP contribution in [0.1, 0.15) is 78.9 Å². The second-order valence-electron chi connectivity index (χ2n) is 15.2. The molecular weight excluding hydrogens is 654 g/mol. The fourth-order valence-corrected chi connectivity index (χ4v) is 8.59. The van der Waals surface area contributed by atoms with Gasteiger partial charge in [0.25, 0.3) is 11.5 Å². The van der Waals surface area contributed by atoms with E-state index in [2.05, 4.69) is 56.7 Å². The molecule has 4 aromatic rings. The number of nitrogens with one attached hydrogen (secondary N) is 2. The number of amides is 3. The number of benzene rings is 3. The Morgan fingerprint density at radius 3 is 2.15 bits per heavy atom. The number of imide groups is 1. The lowest BCUT2D eigenvalue weighted by molar-refractivity contribution is -0.134. The summed E-state index contributed by atoms with van der Waals surface area (Å²) in [6, 6.07) is 23.8. The number of fused-ring (bicyclic) bond motifs is 1. The summed E-state index contributed by atoms with van der Waals surface area (Å²) >= 11 is 0. The molecule has 3 amide bonds. The van der Waals surface area contributed by atoms with E-state index in [1.54, 1.807) is 7.05 Å². The number of piperidine rings is 3. The van der Waals surface area contributed by atoms with Gasteiger partial charge >= 0.3 is 0 Å². The summed E-state index contributed by atoms with van der Waals surface area (Å²) in [5.74, 6) is 0.0999. The van der Waals surface area contributed by atoms with E-state index in [-0.39, 0.29) is 46.7 Å². The molecule has 0 aliphatic carbocycles. The third-order valence-corrected chi connectivity index (χ3v) is 11.7. The smallest absolute Gasteiger partial charge is 0.274 e. The van der Waals surface area contributed by atoms with Crippen LogP contribution in [-0.4, -0.2) is 83.6 Å². The summed E-state index contributed by atoms with van der Waals surface area (Å²) in [7, 11) is 5.76. The molecule has 1 unspecified atom stereocenters. The first-order valence-electron chi connectivity index (χ1n) is 18.5. The average molecular weight is 704 g/mol. The van der Waals surface area contributed by atoms with Crippen molar-refractivity contribution in [1.82, 2.24) is 24.9 Å². The van der Waals surface area contributed by atoms with Gasteiger partial charge in [-0.15, -0.1) is 0 Å². The Bertz CT molecular complexity index is 2010. The number of likely N-dealkylation sites (tertiary alicyclic amines) is 1. The number of carbonyl (C=O) groups is 3. The van der Waals surface area contributed by atoms with Gasteiger partial charge in [-0.25, -0.2) is 4.68 Å². The van der Waals surface area contributed by atoms with E-state index in [0.717, 1.165) is 68.4 Å². The summed E-state index contributed by atoms with van der Waals surface area (Å²) in [6.07, 6.45) is 5.17. The van der Waals surface area contributed by atoms with Crippen molar-refractivity contribution in [2.75, 3.05) is 50.5 Å². The topological polar surface area (TPSA) is 120 Å². The molecule has 3 aliphatic rings. The number of anilines is 2. The van der Waals surface area contributed by atoms with Crippen molar-refractivity contribution in [2.45, 2.75) is 63.5 Å². The molecule has 2 N–H and O–H groups in total. The number of carbonyl (C=O) groups excluding carboxylic acids is 3. The van der Waals surface area contributed by atoms with E-state index in [0.29, 0.717) is 29.6 Å². The van der Waals surface area contributed by atoms with E-state index < -0.39 is 0 Å². The lowest BCUT2D eigenvalue weighted by Crippen LogP contribution is -2.48. The third-order valence-electron chi connectivity index (χ3n) is 11.7. The highest BCUT2D eigenvalue weighted by Crippen LogP contribution is 2.42. The van der Waals surface area contributed by atoms with Crippen LogP contribution < -0.4 is 21.1 Å². The molecule has 7 rings (SSSR count). The molecule has 11 heteroatoms. The molecule has 11 nitrogen and oxygen atoms in total. The largest absolute Gasteiger partial charge is 0.371 e. The minimum atomic E-state index is -0.262. The summed E-state index contributed by atoms with van der Waals surface area (Å²) in [4.78, 5) is 56.8. The highest BCUT2D eigenvalue weighted by molar-refractivity contribution is 6.01. The fourth-order valence-electron chi connectivity index (χ4n) is 8.59. The zero-order valence-electron chi connectivity index (χ0n) is 30.6. The predicted molar refractivity (Wildman–Crippen MR) is 204 cm³/mol. The Labute approximate surface area is 305 Å². The maximum atomic E-state index is 13.7. The normalized spacial score (nSPS) is 20.2. The number of aromatic nitrogens is 2. The van der Waals surface area contributed by atoms with E-state index in [1.165, 1.54) is 10.4 Å². The van der Waals surface area contributed by atoms with Crippen molar-refractivity contribution >= 4 is 40.0 Å². The van der Waals surface area contributed by atoms with Crippen LogP contribution in [0.3, 0.4) is 0 Å². The van der Waals surface area contributed by atoms with Gasteiger partial charge in [-0.2, -0.15) is 5.10 Å². The van der Waals surface area contributed by atoms with Crippen molar-refractivity contribution in [3.8, 4) is 0 Å². The minimum Gasteiger partial charge on any atom is -0.371 e. The van der Waals surface area contributed by atoms with Gasteiger partial charge in [-0.05, 0) is 100.0 Å². The SMILES string of the molecule is C[C@H](Nc1nn(C)c(=O)c2ccccc12)[C@H](c1ccc(C(=O)N2CCC3(CC2)CCN(c2ccc(C4CCC(=O)NC4=O)cc2)CC3)cc1)N(C)C. The van der Waals surface area contributed by atoms with Crippen LogP contribution in [0.25, 0.3) is 10.8 Å². The first-order chi connectivity index (χ1) is 25.0. The Hall–Kier alpha value is -5.03. The number of aryl methyl sites for hydroxylation is 1. The maximum Gasteiger partial charge on any atom is 0.274 e. The van der Waals surface area contributed by atoms with Crippen molar-refractivity contribution in [1.29, 1.82) is 0 Å². The maximum absolute atomic E-state index is 13.7. The van der Waals surface area contributed by atoms with Crippen LogP contribution in [0, 0.1) is 5.41 Å². The molecule has 1 aromatic heterocycles. The molecular formula is C41H49N7O4. The van der Waals surface area contributed by atoms with Crippen molar-refractivity contribution < 1.29 is 14.4 Å². The van der Waals surface area contributed by atoms with Crippen molar-refractivity contribution in [3.63, 3.8) is 0 Å². The molecule has 4 heterocycles. The van der Waals surface area contributed by atoms with Gasteiger partial charge in [0, 0.05) is 62.3 Å². The van der Waals surface area contributed by atoms with Crippen LogP contribution in [0.15, 0.2) is 77.6 Å². The van der Waals surface area contributed by atoms with Gasteiger partial charge in [-0.1, -0.05) is 42.5 Å². The molecule has 1 spiro atoms. The van der Waals surface area contributed by atoms with Gasteiger partial charge < -0.3 is 20.0 Å². The average Bonchev–Trinajstić information content (AvgIpc) is 3.14. The zero-order valence-corrected chi connectivity index (χ0v) is 30.6. The first kappa shape index (κ1) is 35.4. The van der Waals surface area contributed by atoms with Crippen LogP contribution >= 0.6 is 0 Å². The molecule has 272 valence electrons. The van der Waals surface area contributed by atoms with Gasteiger partial charge in [0.2, 0.25) is 11.8 Å². The second-order valence-corrected chi connectivity index (χ2v) is 15.2. The third kappa shape index (κ3) is 7.06.